The lowest BCUT2D eigenvalue weighted by Gasteiger charge is -2.28. The molecule has 1 heterocycles. The second-order valence-electron chi connectivity index (χ2n) is 5.93. The highest BCUT2D eigenvalue weighted by atomic mass is 35.5. The van der Waals surface area contributed by atoms with Crippen LogP contribution in [0.4, 0.5) is 15.0 Å². The van der Waals surface area contributed by atoms with Gasteiger partial charge in [-0.2, -0.15) is 4.98 Å². The van der Waals surface area contributed by atoms with Gasteiger partial charge in [-0.3, -0.25) is 5.01 Å². The van der Waals surface area contributed by atoms with Crippen molar-refractivity contribution in [2.45, 2.75) is 40.2 Å². The average molecular weight is 319 g/mol. The normalized spacial score (nSPS) is 11.4. The molecule has 1 N–H and O–H groups in total. The van der Waals surface area contributed by atoms with E-state index >= 15 is 0 Å². The molecule has 0 saturated carbocycles. The molecule has 6 nitrogen and oxygen atoms in total. The zero-order valence-corrected chi connectivity index (χ0v) is 13.5. The molecule has 0 aliphatic rings. The van der Waals surface area contributed by atoms with Crippen LogP contribution in [-0.2, 0) is 4.74 Å². The molecular weight excluding hydrogens is 299 g/mol. The second-order valence-corrected chi connectivity index (χ2v) is 6.27. The van der Waals surface area contributed by atoms with Crippen LogP contribution in [0.5, 0.6) is 0 Å². The minimum absolute atomic E-state index is 0.102. The number of aromatic nitrogens is 2. The van der Waals surface area contributed by atoms with Gasteiger partial charge in [0, 0.05) is 6.54 Å². The van der Waals surface area contributed by atoms with Crippen molar-refractivity contribution in [1.82, 2.24) is 15.4 Å². The van der Waals surface area contributed by atoms with Crippen molar-refractivity contribution in [2.24, 2.45) is 5.92 Å². The molecule has 1 aromatic heterocycles. The topological polar surface area (TPSA) is 67.4 Å². The first-order chi connectivity index (χ1) is 9.58. The van der Waals surface area contributed by atoms with Crippen LogP contribution in [0, 0.1) is 11.7 Å². The lowest BCUT2D eigenvalue weighted by Crippen LogP contribution is -2.47. The summed E-state index contributed by atoms with van der Waals surface area (Å²) in [5.74, 6) is -0.640. The van der Waals surface area contributed by atoms with Gasteiger partial charge in [-0.1, -0.05) is 13.8 Å². The Morgan fingerprint density at radius 3 is 2.67 bits per heavy atom. The fourth-order valence-corrected chi connectivity index (χ4v) is 1.62. The molecule has 0 aromatic carbocycles. The molecule has 0 saturated heterocycles. The molecule has 0 radical (unpaired) electrons. The third-order valence-electron chi connectivity index (χ3n) is 2.12. The number of hydrogen-bond donors (Lipinski definition) is 1. The lowest BCUT2D eigenvalue weighted by molar-refractivity contribution is 0.0518. The van der Waals surface area contributed by atoms with E-state index in [-0.39, 0.29) is 17.0 Å². The summed E-state index contributed by atoms with van der Waals surface area (Å²) in [6.45, 7) is 9.39. The van der Waals surface area contributed by atoms with Gasteiger partial charge in [0.2, 0.25) is 5.28 Å². The largest absolute Gasteiger partial charge is 0.443 e. The molecule has 0 aliphatic heterocycles. The quantitative estimate of drug-likeness (QED) is 0.682. The van der Waals surface area contributed by atoms with E-state index in [1.807, 2.05) is 13.8 Å². The Bertz CT molecular complexity index is 505. The Morgan fingerprint density at radius 2 is 2.14 bits per heavy atom. The summed E-state index contributed by atoms with van der Waals surface area (Å²) >= 11 is 5.68. The van der Waals surface area contributed by atoms with Crippen LogP contribution >= 0.6 is 11.6 Å². The van der Waals surface area contributed by atoms with Gasteiger partial charge < -0.3 is 4.74 Å². The van der Waals surface area contributed by atoms with E-state index in [2.05, 4.69) is 15.4 Å². The summed E-state index contributed by atoms with van der Waals surface area (Å²) in [5, 5.41) is 1.16. The van der Waals surface area contributed by atoms with Crippen LogP contribution in [0.2, 0.25) is 5.28 Å². The van der Waals surface area contributed by atoms with E-state index in [4.69, 9.17) is 16.3 Å². The standard InChI is InChI=1S/C13H20ClFN4O2/c1-8(2)7-19(18-12(20)21-13(3,4)5)10-9(15)6-16-11(14)17-10/h6,8H,7H2,1-5H3,(H,18,20). The number of halogens is 2. The second kappa shape index (κ2) is 6.89. The first-order valence-electron chi connectivity index (χ1n) is 6.53. The first kappa shape index (κ1) is 17.4. The molecule has 118 valence electrons. The minimum atomic E-state index is -0.697. The lowest BCUT2D eigenvalue weighted by atomic mass is 10.2. The van der Waals surface area contributed by atoms with E-state index in [1.165, 1.54) is 5.01 Å². The number of rotatable bonds is 4. The molecule has 0 spiro atoms. The zero-order chi connectivity index (χ0) is 16.2. The van der Waals surface area contributed by atoms with Gasteiger partial charge in [0.15, 0.2) is 11.6 Å². The van der Waals surface area contributed by atoms with Crippen LogP contribution in [0.15, 0.2) is 6.20 Å². The van der Waals surface area contributed by atoms with Gasteiger partial charge in [0.05, 0.1) is 6.20 Å². The van der Waals surface area contributed by atoms with Gasteiger partial charge in [0.25, 0.3) is 0 Å². The highest BCUT2D eigenvalue weighted by molar-refractivity contribution is 6.28. The van der Waals surface area contributed by atoms with Gasteiger partial charge >= 0.3 is 6.09 Å². The summed E-state index contributed by atoms with van der Waals surface area (Å²) in [5.41, 5.74) is 1.82. The van der Waals surface area contributed by atoms with Crippen molar-refractivity contribution in [1.29, 1.82) is 0 Å². The van der Waals surface area contributed by atoms with Crippen LogP contribution in [0.1, 0.15) is 34.6 Å². The summed E-state index contributed by atoms with van der Waals surface area (Å²) < 4.78 is 19.0. The number of nitrogens with one attached hydrogen (secondary N) is 1. The number of nitrogens with zero attached hydrogens (tertiary/aromatic N) is 3. The molecule has 1 aromatic rings. The van der Waals surface area contributed by atoms with Gasteiger partial charge in [-0.05, 0) is 38.3 Å². The van der Waals surface area contributed by atoms with Gasteiger partial charge in [-0.15, -0.1) is 0 Å². The Morgan fingerprint density at radius 1 is 1.52 bits per heavy atom. The highest BCUT2D eigenvalue weighted by Gasteiger charge is 2.22. The fraction of sp³-hybridized carbons (Fsp3) is 0.615. The predicted molar refractivity (Wildman–Crippen MR) is 78.6 cm³/mol. The average Bonchev–Trinajstić information content (AvgIpc) is 2.28. The molecule has 21 heavy (non-hydrogen) atoms. The first-order valence-corrected chi connectivity index (χ1v) is 6.91. The van der Waals surface area contributed by atoms with Crippen LogP contribution < -0.4 is 10.4 Å². The zero-order valence-electron chi connectivity index (χ0n) is 12.8. The summed E-state index contributed by atoms with van der Waals surface area (Å²) in [4.78, 5) is 19.2. The maximum absolute atomic E-state index is 13.8. The van der Waals surface area contributed by atoms with Gasteiger partial charge in [0.1, 0.15) is 5.60 Å². The monoisotopic (exact) mass is 318 g/mol. The van der Waals surface area contributed by atoms with Crippen molar-refractivity contribution in [3.05, 3.63) is 17.3 Å². The van der Waals surface area contributed by atoms with Crippen molar-refractivity contribution in [3.63, 3.8) is 0 Å². The molecule has 0 atom stereocenters. The van der Waals surface area contributed by atoms with Crippen LogP contribution in [0.3, 0.4) is 0 Å². The van der Waals surface area contributed by atoms with E-state index < -0.39 is 17.5 Å². The van der Waals surface area contributed by atoms with Crippen molar-refractivity contribution in [2.75, 3.05) is 11.6 Å². The van der Waals surface area contributed by atoms with Gasteiger partial charge in [-0.25, -0.2) is 19.6 Å². The number of ether oxygens (including phenoxy) is 1. The molecule has 8 heteroatoms. The number of hydrazine groups is 1. The molecular formula is C13H20ClFN4O2. The van der Waals surface area contributed by atoms with Crippen molar-refractivity contribution in [3.8, 4) is 0 Å². The number of carbonyl (C=O) groups is 1. The van der Waals surface area contributed by atoms with E-state index in [9.17, 15) is 9.18 Å². The van der Waals surface area contributed by atoms with Crippen molar-refractivity contribution >= 4 is 23.5 Å². The smallest absolute Gasteiger partial charge is 0.426 e. The predicted octanol–water partition coefficient (Wildman–Crippen LogP) is 3.17. The maximum atomic E-state index is 13.8. The molecule has 0 unspecified atom stereocenters. The number of anilines is 1. The molecule has 1 amide bonds. The SMILES string of the molecule is CC(C)CN(NC(=O)OC(C)(C)C)c1nc(Cl)ncc1F. The van der Waals surface area contributed by atoms with E-state index in [1.54, 1.807) is 20.8 Å². The molecule has 0 aliphatic carbocycles. The molecule has 1 rings (SSSR count). The Hall–Kier alpha value is -1.63. The van der Waals surface area contributed by atoms with Crippen molar-refractivity contribution < 1.29 is 13.9 Å². The van der Waals surface area contributed by atoms with E-state index in [0.717, 1.165) is 6.20 Å². The Balaban J connectivity index is 2.95. The minimum Gasteiger partial charge on any atom is -0.443 e. The highest BCUT2D eigenvalue weighted by Crippen LogP contribution is 2.17. The third-order valence-corrected chi connectivity index (χ3v) is 2.31. The number of carbonyl (C=O) groups excluding carboxylic acids is 1. The Kier molecular flexibility index (Phi) is 5.71. The number of amides is 1. The summed E-state index contributed by atoms with van der Waals surface area (Å²) in [7, 11) is 0. The summed E-state index contributed by atoms with van der Waals surface area (Å²) in [6, 6.07) is 0. The summed E-state index contributed by atoms with van der Waals surface area (Å²) in [6.07, 6.45) is 0.256. The third kappa shape index (κ3) is 6.12. The van der Waals surface area contributed by atoms with Crippen LogP contribution in [-0.4, -0.2) is 28.2 Å². The maximum Gasteiger partial charge on any atom is 0.426 e. The molecule has 0 fully saturated rings. The number of hydrogen-bond acceptors (Lipinski definition) is 5. The molecule has 0 bridgehead atoms. The fourth-order valence-electron chi connectivity index (χ4n) is 1.49. The van der Waals surface area contributed by atoms with Crippen LogP contribution in [0.25, 0.3) is 0 Å². The van der Waals surface area contributed by atoms with E-state index in [0.29, 0.717) is 6.54 Å². The Labute approximate surface area is 128 Å².